The van der Waals surface area contributed by atoms with Crippen molar-refractivity contribution in [1.82, 2.24) is 0 Å². The molecule has 0 radical (unpaired) electrons. The normalized spacial score (nSPS) is 10.3. The number of carboxylic acids is 1. The molecule has 94 valence electrons. The van der Waals surface area contributed by atoms with Crippen molar-refractivity contribution in [3.8, 4) is 5.75 Å². The molecule has 0 bridgehead atoms. The van der Waals surface area contributed by atoms with Crippen LogP contribution in [-0.2, 0) is 4.79 Å². The highest BCUT2D eigenvalue weighted by molar-refractivity contribution is 9.10. The first kappa shape index (κ1) is 14.6. The zero-order valence-corrected chi connectivity index (χ0v) is 12.0. The Bertz CT molecular complexity index is 387. The lowest BCUT2D eigenvalue weighted by molar-refractivity contribution is -0.137. The van der Waals surface area contributed by atoms with E-state index in [2.05, 4.69) is 15.9 Å². The van der Waals surface area contributed by atoms with Gasteiger partial charge in [-0.15, -0.1) is 0 Å². The molecule has 0 amide bonds. The van der Waals surface area contributed by atoms with E-state index < -0.39 is 5.97 Å². The Morgan fingerprint density at radius 3 is 2.41 bits per heavy atom. The Hall–Kier alpha value is -0.450. The monoisotopic (exact) mass is 340 g/mol. The third-order valence-electron chi connectivity index (χ3n) is 1.99. The highest BCUT2D eigenvalue weighted by Gasteiger charge is 2.08. The van der Waals surface area contributed by atoms with Gasteiger partial charge in [0.1, 0.15) is 0 Å². The van der Waals surface area contributed by atoms with Crippen LogP contribution in [0.25, 0.3) is 0 Å². The minimum atomic E-state index is -0.801. The Balaban J connectivity index is 2.44. The van der Waals surface area contributed by atoms with Gasteiger partial charge in [0, 0.05) is 10.9 Å². The molecular formula is C11H11BrCl2O3. The lowest BCUT2D eigenvalue weighted by atomic mass is 10.2. The molecule has 1 N–H and O–H groups in total. The molecule has 0 heterocycles. The van der Waals surface area contributed by atoms with E-state index in [1.165, 1.54) is 0 Å². The molecule has 3 nitrogen and oxygen atoms in total. The van der Waals surface area contributed by atoms with Gasteiger partial charge >= 0.3 is 5.97 Å². The molecule has 1 aromatic carbocycles. The first-order valence-corrected chi connectivity index (χ1v) is 6.54. The standard InChI is InChI=1S/C11H11BrCl2O3/c12-7-5-8(13)11(9(14)6-7)17-4-2-1-3-10(15)16/h5-6H,1-4H2,(H,15,16). The van der Waals surface area contributed by atoms with E-state index in [0.717, 1.165) is 4.47 Å². The van der Waals surface area contributed by atoms with Crippen molar-refractivity contribution < 1.29 is 14.6 Å². The lowest BCUT2D eigenvalue weighted by Gasteiger charge is -2.09. The molecule has 0 unspecified atom stereocenters. The summed E-state index contributed by atoms with van der Waals surface area (Å²) in [7, 11) is 0. The molecule has 0 aliphatic carbocycles. The summed E-state index contributed by atoms with van der Waals surface area (Å²) in [6, 6.07) is 3.39. The third-order valence-corrected chi connectivity index (χ3v) is 3.01. The van der Waals surface area contributed by atoms with Crippen molar-refractivity contribution >= 4 is 45.1 Å². The molecule has 1 aromatic rings. The van der Waals surface area contributed by atoms with Crippen molar-refractivity contribution in [3.05, 3.63) is 26.7 Å². The fourth-order valence-electron chi connectivity index (χ4n) is 1.22. The summed E-state index contributed by atoms with van der Waals surface area (Å²) in [5.41, 5.74) is 0. The number of aliphatic carboxylic acids is 1. The average molecular weight is 342 g/mol. The van der Waals surface area contributed by atoms with Gasteiger partial charge in [0.2, 0.25) is 0 Å². The second-order valence-electron chi connectivity index (χ2n) is 3.40. The molecule has 0 atom stereocenters. The predicted molar refractivity (Wildman–Crippen MR) is 71.1 cm³/mol. The van der Waals surface area contributed by atoms with Crippen LogP contribution in [0.15, 0.2) is 16.6 Å². The maximum absolute atomic E-state index is 10.3. The number of halogens is 3. The van der Waals surface area contributed by atoms with Crippen molar-refractivity contribution in [2.75, 3.05) is 6.61 Å². The van der Waals surface area contributed by atoms with E-state index in [9.17, 15) is 4.79 Å². The van der Waals surface area contributed by atoms with E-state index in [0.29, 0.717) is 35.2 Å². The van der Waals surface area contributed by atoms with Crippen LogP contribution < -0.4 is 4.74 Å². The molecule has 17 heavy (non-hydrogen) atoms. The largest absolute Gasteiger partial charge is 0.490 e. The van der Waals surface area contributed by atoms with Crippen LogP contribution in [0.1, 0.15) is 19.3 Å². The SMILES string of the molecule is O=C(O)CCCCOc1c(Cl)cc(Br)cc1Cl. The van der Waals surface area contributed by atoms with Crippen molar-refractivity contribution in [2.45, 2.75) is 19.3 Å². The molecule has 0 fully saturated rings. The van der Waals surface area contributed by atoms with Gasteiger partial charge in [0.05, 0.1) is 16.7 Å². The Kier molecular flexibility index (Phi) is 6.09. The molecule has 0 saturated heterocycles. The minimum absolute atomic E-state index is 0.144. The van der Waals surface area contributed by atoms with E-state index in [1.807, 2.05) is 0 Å². The van der Waals surface area contributed by atoms with E-state index in [4.69, 9.17) is 33.0 Å². The third kappa shape index (κ3) is 5.15. The molecule has 6 heteroatoms. The van der Waals surface area contributed by atoms with Gasteiger partial charge in [-0.25, -0.2) is 0 Å². The van der Waals surface area contributed by atoms with E-state index >= 15 is 0 Å². The second kappa shape index (κ2) is 7.09. The van der Waals surface area contributed by atoms with Gasteiger partial charge in [-0.05, 0) is 25.0 Å². The number of rotatable bonds is 6. The zero-order valence-electron chi connectivity index (χ0n) is 8.88. The molecular weight excluding hydrogens is 331 g/mol. The lowest BCUT2D eigenvalue weighted by Crippen LogP contribution is -2.01. The van der Waals surface area contributed by atoms with Gasteiger partial charge in [-0.2, -0.15) is 0 Å². The molecule has 0 spiro atoms. The second-order valence-corrected chi connectivity index (χ2v) is 5.13. The quantitative estimate of drug-likeness (QED) is 0.780. The van der Waals surface area contributed by atoms with Gasteiger partial charge < -0.3 is 9.84 Å². The van der Waals surface area contributed by atoms with Crippen LogP contribution in [0, 0.1) is 0 Å². The summed E-state index contributed by atoms with van der Waals surface area (Å²) in [5, 5.41) is 9.33. The van der Waals surface area contributed by atoms with Gasteiger partial charge in [-0.3, -0.25) is 4.79 Å². The zero-order chi connectivity index (χ0) is 12.8. The number of unbranched alkanes of at least 4 members (excludes halogenated alkanes) is 1. The molecule has 0 aliphatic rings. The highest BCUT2D eigenvalue weighted by atomic mass is 79.9. The van der Waals surface area contributed by atoms with Crippen LogP contribution in [0.2, 0.25) is 10.0 Å². The number of benzene rings is 1. The van der Waals surface area contributed by atoms with Crippen molar-refractivity contribution in [2.24, 2.45) is 0 Å². The van der Waals surface area contributed by atoms with Crippen LogP contribution in [0.5, 0.6) is 5.75 Å². The summed E-state index contributed by atoms with van der Waals surface area (Å²) >= 11 is 15.2. The predicted octanol–water partition coefficient (Wildman–Crippen LogP) is 4.39. The summed E-state index contributed by atoms with van der Waals surface area (Å²) in [6.45, 7) is 0.397. The highest BCUT2D eigenvalue weighted by Crippen LogP contribution is 2.35. The van der Waals surface area contributed by atoms with Crippen LogP contribution in [-0.4, -0.2) is 17.7 Å². The number of carboxylic acid groups (broad SMARTS) is 1. The fraction of sp³-hybridized carbons (Fsp3) is 0.364. The number of hydrogen-bond donors (Lipinski definition) is 1. The first-order valence-electron chi connectivity index (χ1n) is 5.00. The molecule has 0 saturated carbocycles. The Labute approximate surface area is 118 Å². The van der Waals surface area contributed by atoms with E-state index in [1.54, 1.807) is 12.1 Å². The summed E-state index contributed by atoms with van der Waals surface area (Å²) < 4.78 is 6.21. The van der Waals surface area contributed by atoms with Gasteiger partial charge in [0.15, 0.2) is 5.75 Å². The van der Waals surface area contributed by atoms with Crippen molar-refractivity contribution in [3.63, 3.8) is 0 Å². The number of ether oxygens (including phenoxy) is 1. The van der Waals surface area contributed by atoms with Crippen LogP contribution in [0.4, 0.5) is 0 Å². The minimum Gasteiger partial charge on any atom is -0.490 e. The average Bonchev–Trinajstić information content (AvgIpc) is 2.20. The molecule has 0 aliphatic heterocycles. The Morgan fingerprint density at radius 2 is 1.88 bits per heavy atom. The molecule has 1 rings (SSSR count). The first-order chi connectivity index (χ1) is 8.00. The maximum atomic E-state index is 10.3. The topological polar surface area (TPSA) is 46.5 Å². The molecule has 0 aromatic heterocycles. The fourth-order valence-corrected chi connectivity index (χ4v) is 2.54. The van der Waals surface area contributed by atoms with Crippen LogP contribution in [0.3, 0.4) is 0 Å². The number of carbonyl (C=O) groups is 1. The van der Waals surface area contributed by atoms with Crippen LogP contribution >= 0.6 is 39.1 Å². The van der Waals surface area contributed by atoms with Gasteiger partial charge in [-0.1, -0.05) is 39.1 Å². The van der Waals surface area contributed by atoms with Crippen molar-refractivity contribution in [1.29, 1.82) is 0 Å². The maximum Gasteiger partial charge on any atom is 0.303 e. The summed E-state index contributed by atoms with van der Waals surface area (Å²) in [4.78, 5) is 10.3. The smallest absolute Gasteiger partial charge is 0.303 e. The number of hydrogen-bond acceptors (Lipinski definition) is 2. The van der Waals surface area contributed by atoms with E-state index in [-0.39, 0.29) is 6.42 Å². The summed E-state index contributed by atoms with van der Waals surface area (Å²) in [6.07, 6.45) is 1.36. The Morgan fingerprint density at radius 1 is 1.29 bits per heavy atom. The van der Waals surface area contributed by atoms with Gasteiger partial charge in [0.25, 0.3) is 0 Å². The summed E-state index contributed by atoms with van der Waals surface area (Å²) in [5.74, 6) is -0.364.